The Kier molecular flexibility index (Phi) is 3.31. The number of rotatable bonds is 3. The molecule has 1 aromatic rings. The number of hydrogen-bond donors (Lipinski definition) is 0. The van der Waals surface area contributed by atoms with Crippen molar-refractivity contribution in [3.8, 4) is 0 Å². The van der Waals surface area contributed by atoms with Crippen molar-refractivity contribution >= 4 is 17.1 Å². The van der Waals surface area contributed by atoms with E-state index < -0.39 is 10.8 Å². The van der Waals surface area contributed by atoms with E-state index in [4.69, 9.17) is 0 Å². The predicted molar refractivity (Wildman–Crippen MR) is 48.5 cm³/mol. The van der Waals surface area contributed by atoms with E-state index >= 15 is 0 Å². The van der Waals surface area contributed by atoms with Gasteiger partial charge in [-0.2, -0.15) is 0 Å². The first-order chi connectivity index (χ1) is 6.15. The average molecular weight is 200 g/mol. The van der Waals surface area contributed by atoms with E-state index in [0.29, 0.717) is 16.7 Å². The number of hydrogen-bond acceptors (Lipinski definition) is 2. The van der Waals surface area contributed by atoms with Gasteiger partial charge >= 0.3 is 0 Å². The van der Waals surface area contributed by atoms with Crippen LogP contribution in [0.2, 0.25) is 0 Å². The van der Waals surface area contributed by atoms with E-state index in [1.807, 2.05) is 0 Å². The van der Waals surface area contributed by atoms with Gasteiger partial charge in [-0.3, -0.25) is 4.21 Å². The first-order valence-electron chi connectivity index (χ1n) is 3.73. The maximum atomic E-state index is 12.8. The molecule has 0 N–H and O–H groups in total. The zero-order valence-electron chi connectivity index (χ0n) is 7.12. The van der Waals surface area contributed by atoms with Gasteiger partial charge in [-0.15, -0.1) is 0 Å². The zero-order valence-corrected chi connectivity index (χ0v) is 7.94. The van der Waals surface area contributed by atoms with E-state index in [1.54, 1.807) is 6.92 Å². The number of carbonyl (C=O) groups is 1. The molecule has 1 rings (SSSR count). The van der Waals surface area contributed by atoms with Crippen LogP contribution in [0.3, 0.4) is 0 Å². The summed E-state index contributed by atoms with van der Waals surface area (Å²) in [5.74, 6) is -0.364. The van der Waals surface area contributed by atoms with Gasteiger partial charge in [0.2, 0.25) is 0 Å². The summed E-state index contributed by atoms with van der Waals surface area (Å²) in [5, 5.41) is 0. The first-order valence-corrected chi connectivity index (χ1v) is 5.05. The van der Waals surface area contributed by atoms with Crippen LogP contribution in [0, 0.1) is 12.7 Å². The molecule has 0 aliphatic carbocycles. The van der Waals surface area contributed by atoms with Gasteiger partial charge in [-0.05, 0) is 30.7 Å². The molecule has 4 heteroatoms. The minimum Gasteiger partial charge on any atom is -0.302 e. The Hall–Kier alpha value is -1.03. The molecule has 0 saturated heterocycles. The largest absolute Gasteiger partial charge is 0.302 e. The second-order valence-corrected chi connectivity index (χ2v) is 4.09. The molecular formula is C9H9FO2S. The average Bonchev–Trinajstić information content (AvgIpc) is 2.10. The van der Waals surface area contributed by atoms with Gasteiger partial charge in [-0.25, -0.2) is 4.39 Å². The molecule has 13 heavy (non-hydrogen) atoms. The third-order valence-corrected chi connectivity index (χ3v) is 2.83. The van der Waals surface area contributed by atoms with E-state index in [0.717, 1.165) is 0 Å². The second kappa shape index (κ2) is 4.28. The van der Waals surface area contributed by atoms with Crippen LogP contribution in [0.5, 0.6) is 0 Å². The van der Waals surface area contributed by atoms with Gasteiger partial charge in [0.15, 0.2) is 0 Å². The maximum absolute atomic E-state index is 12.8. The van der Waals surface area contributed by atoms with Gasteiger partial charge in [0.05, 0.1) is 16.6 Å². The molecule has 70 valence electrons. The summed E-state index contributed by atoms with van der Waals surface area (Å²) in [6, 6.07) is 4.18. The minimum atomic E-state index is -1.34. The highest BCUT2D eigenvalue weighted by atomic mass is 32.2. The lowest BCUT2D eigenvalue weighted by molar-refractivity contribution is -0.105. The van der Waals surface area contributed by atoms with Crippen molar-refractivity contribution in [3.63, 3.8) is 0 Å². The van der Waals surface area contributed by atoms with Crippen molar-refractivity contribution in [2.24, 2.45) is 0 Å². The fourth-order valence-corrected chi connectivity index (χ4v) is 1.76. The highest BCUT2D eigenvalue weighted by Crippen LogP contribution is 2.12. The number of benzene rings is 1. The van der Waals surface area contributed by atoms with Crippen molar-refractivity contribution < 1.29 is 13.4 Å². The molecule has 0 aliphatic heterocycles. The quantitative estimate of drug-likeness (QED) is 0.692. The number of carbonyl (C=O) groups excluding carboxylic acids is 1. The molecule has 0 fully saturated rings. The Bertz CT molecular complexity index is 349. The summed E-state index contributed by atoms with van der Waals surface area (Å²) in [6.07, 6.45) is 0.592. The molecule has 0 bridgehead atoms. The Balaban J connectivity index is 2.96. The molecule has 1 atom stereocenters. The van der Waals surface area contributed by atoms with Crippen molar-refractivity contribution in [2.45, 2.75) is 11.8 Å². The predicted octanol–water partition coefficient (Wildman–Crippen LogP) is 1.44. The van der Waals surface area contributed by atoms with Gasteiger partial charge < -0.3 is 4.79 Å². The molecule has 1 unspecified atom stereocenters. The molecular weight excluding hydrogens is 191 g/mol. The Morgan fingerprint density at radius 1 is 1.54 bits per heavy atom. The van der Waals surface area contributed by atoms with Crippen molar-refractivity contribution in [1.29, 1.82) is 0 Å². The second-order valence-electron chi connectivity index (χ2n) is 2.59. The van der Waals surface area contributed by atoms with Gasteiger partial charge in [0.25, 0.3) is 0 Å². The summed E-state index contributed by atoms with van der Waals surface area (Å²) < 4.78 is 24.0. The summed E-state index contributed by atoms with van der Waals surface area (Å²) in [4.78, 5) is 10.6. The van der Waals surface area contributed by atoms with E-state index in [-0.39, 0.29) is 11.6 Å². The van der Waals surface area contributed by atoms with Crippen LogP contribution in [-0.2, 0) is 15.6 Å². The fraction of sp³-hybridized carbons (Fsp3) is 0.222. The van der Waals surface area contributed by atoms with Gasteiger partial charge in [-0.1, -0.05) is 0 Å². The van der Waals surface area contributed by atoms with Crippen LogP contribution in [0.4, 0.5) is 4.39 Å². The monoisotopic (exact) mass is 200 g/mol. The molecule has 0 radical (unpaired) electrons. The van der Waals surface area contributed by atoms with Crippen LogP contribution < -0.4 is 0 Å². The Labute approximate surface area is 78.2 Å². The third-order valence-electron chi connectivity index (χ3n) is 1.61. The molecule has 0 aliphatic rings. The highest BCUT2D eigenvalue weighted by molar-refractivity contribution is 7.85. The molecule has 0 saturated carbocycles. The SMILES string of the molecule is Cc1cc(S(=O)CC=O)ccc1F. The van der Waals surface area contributed by atoms with Gasteiger partial charge in [0, 0.05) is 4.90 Å². The third kappa shape index (κ3) is 2.45. The topological polar surface area (TPSA) is 34.1 Å². The smallest absolute Gasteiger partial charge is 0.132 e. The van der Waals surface area contributed by atoms with E-state index in [1.165, 1.54) is 18.2 Å². The lowest BCUT2D eigenvalue weighted by Gasteiger charge is -2.00. The molecule has 0 heterocycles. The number of halogens is 1. The molecule has 0 amide bonds. The van der Waals surface area contributed by atoms with Crippen molar-refractivity contribution in [1.82, 2.24) is 0 Å². The van der Waals surface area contributed by atoms with E-state index in [2.05, 4.69) is 0 Å². The number of aldehydes is 1. The maximum Gasteiger partial charge on any atom is 0.132 e. The first kappa shape index (κ1) is 10.1. The minimum absolute atomic E-state index is 0.0366. The summed E-state index contributed by atoms with van der Waals surface area (Å²) in [7, 11) is -1.34. The molecule has 1 aromatic carbocycles. The standard InChI is InChI=1S/C9H9FO2S/c1-7-6-8(2-3-9(7)10)13(12)5-4-11/h2-4,6H,5H2,1H3. The zero-order chi connectivity index (χ0) is 9.84. The summed E-state index contributed by atoms with van der Waals surface area (Å²) >= 11 is 0. The van der Waals surface area contributed by atoms with Crippen LogP contribution in [0.1, 0.15) is 5.56 Å². The number of aryl methyl sites for hydroxylation is 1. The Morgan fingerprint density at radius 2 is 2.23 bits per heavy atom. The Morgan fingerprint density at radius 3 is 2.77 bits per heavy atom. The normalized spacial score (nSPS) is 12.5. The van der Waals surface area contributed by atoms with Crippen LogP contribution in [0.25, 0.3) is 0 Å². The van der Waals surface area contributed by atoms with Crippen molar-refractivity contribution in [2.75, 3.05) is 5.75 Å². The fourth-order valence-electron chi connectivity index (χ4n) is 0.917. The molecule has 0 spiro atoms. The molecule has 0 aromatic heterocycles. The van der Waals surface area contributed by atoms with E-state index in [9.17, 15) is 13.4 Å². The van der Waals surface area contributed by atoms with Crippen LogP contribution in [0.15, 0.2) is 23.1 Å². The van der Waals surface area contributed by atoms with Crippen LogP contribution >= 0.6 is 0 Å². The van der Waals surface area contributed by atoms with Gasteiger partial charge in [0.1, 0.15) is 12.1 Å². The van der Waals surface area contributed by atoms with Crippen molar-refractivity contribution in [3.05, 3.63) is 29.6 Å². The highest BCUT2D eigenvalue weighted by Gasteiger charge is 2.04. The van der Waals surface area contributed by atoms with Crippen LogP contribution in [-0.4, -0.2) is 16.2 Å². The lowest BCUT2D eigenvalue weighted by atomic mass is 10.2. The lowest BCUT2D eigenvalue weighted by Crippen LogP contribution is -1.99. The summed E-state index contributed by atoms with van der Waals surface area (Å²) in [6.45, 7) is 1.59. The molecule has 2 nitrogen and oxygen atoms in total. The summed E-state index contributed by atoms with van der Waals surface area (Å²) in [5.41, 5.74) is 0.441.